The number of pyridine rings is 1. The maximum atomic E-state index is 5.57. The van der Waals surface area contributed by atoms with E-state index in [2.05, 4.69) is 18.1 Å². The Hall–Kier alpha value is -1.83. The SMILES string of the molecule is C=C/C=C(\C=C)COc1ccnc(C)c1.CC. The zero-order chi connectivity index (χ0) is 13.1. The van der Waals surface area contributed by atoms with Crippen LogP contribution in [0, 0.1) is 6.92 Å². The maximum Gasteiger partial charge on any atom is 0.123 e. The monoisotopic (exact) mass is 231 g/mol. The van der Waals surface area contributed by atoms with Gasteiger partial charge in [-0.25, -0.2) is 0 Å². The molecule has 17 heavy (non-hydrogen) atoms. The molecule has 0 aliphatic rings. The standard InChI is InChI=1S/C13H15NO.C2H6/c1-4-6-12(5-2)10-15-13-7-8-14-11(3)9-13;1-2/h4-9H,1-2,10H2,3H3;1-2H3/b12-6+;. The van der Waals surface area contributed by atoms with Gasteiger partial charge in [0.05, 0.1) is 0 Å². The molecule has 0 bridgehead atoms. The van der Waals surface area contributed by atoms with Crippen LogP contribution in [0.1, 0.15) is 19.5 Å². The van der Waals surface area contributed by atoms with Crippen molar-refractivity contribution in [3.05, 3.63) is 61.0 Å². The third-order valence-corrected chi connectivity index (χ3v) is 1.87. The van der Waals surface area contributed by atoms with Crippen molar-refractivity contribution < 1.29 is 4.74 Å². The highest BCUT2D eigenvalue weighted by Gasteiger charge is 1.95. The molecule has 0 saturated carbocycles. The van der Waals surface area contributed by atoms with Crippen molar-refractivity contribution in [2.45, 2.75) is 20.8 Å². The Morgan fingerprint density at radius 2 is 2.12 bits per heavy atom. The van der Waals surface area contributed by atoms with Crippen LogP contribution < -0.4 is 4.74 Å². The van der Waals surface area contributed by atoms with Gasteiger partial charge >= 0.3 is 0 Å². The van der Waals surface area contributed by atoms with Gasteiger partial charge in [-0.05, 0) is 18.6 Å². The first-order valence-electron chi connectivity index (χ1n) is 5.75. The van der Waals surface area contributed by atoms with Crippen molar-refractivity contribution in [2.75, 3.05) is 6.61 Å². The zero-order valence-corrected chi connectivity index (χ0v) is 10.9. The van der Waals surface area contributed by atoms with Crippen molar-refractivity contribution in [3.8, 4) is 5.75 Å². The van der Waals surface area contributed by atoms with E-state index in [9.17, 15) is 0 Å². The minimum atomic E-state index is 0.499. The number of rotatable bonds is 5. The van der Waals surface area contributed by atoms with E-state index in [4.69, 9.17) is 4.74 Å². The molecule has 2 heteroatoms. The zero-order valence-electron chi connectivity index (χ0n) is 10.9. The van der Waals surface area contributed by atoms with Gasteiger partial charge in [0, 0.05) is 18.0 Å². The minimum Gasteiger partial charge on any atom is -0.489 e. The largest absolute Gasteiger partial charge is 0.489 e. The summed E-state index contributed by atoms with van der Waals surface area (Å²) >= 11 is 0. The lowest BCUT2D eigenvalue weighted by molar-refractivity contribution is 0.355. The highest BCUT2D eigenvalue weighted by Crippen LogP contribution is 2.11. The molecule has 1 aromatic rings. The Morgan fingerprint density at radius 3 is 2.65 bits per heavy atom. The fourth-order valence-electron chi connectivity index (χ4n) is 1.10. The van der Waals surface area contributed by atoms with E-state index in [1.807, 2.05) is 39.0 Å². The first-order chi connectivity index (χ1) is 8.26. The molecule has 0 radical (unpaired) electrons. The van der Waals surface area contributed by atoms with Crippen LogP contribution in [0.15, 0.2) is 55.3 Å². The highest BCUT2D eigenvalue weighted by molar-refractivity contribution is 5.25. The molecule has 0 aliphatic carbocycles. The van der Waals surface area contributed by atoms with E-state index in [0.29, 0.717) is 6.61 Å². The Bertz CT molecular complexity index is 380. The number of nitrogens with zero attached hydrogens (tertiary/aromatic N) is 1. The Balaban J connectivity index is 0.00000121. The lowest BCUT2D eigenvalue weighted by atomic mass is 10.2. The van der Waals surface area contributed by atoms with Crippen molar-refractivity contribution in [3.63, 3.8) is 0 Å². The molecule has 0 aliphatic heterocycles. The minimum absolute atomic E-state index is 0.499. The van der Waals surface area contributed by atoms with Gasteiger partial charge in [-0.2, -0.15) is 0 Å². The number of aryl methyl sites for hydroxylation is 1. The topological polar surface area (TPSA) is 22.1 Å². The second kappa shape index (κ2) is 9.40. The van der Waals surface area contributed by atoms with Gasteiger partial charge in [0.2, 0.25) is 0 Å². The van der Waals surface area contributed by atoms with Crippen molar-refractivity contribution >= 4 is 0 Å². The van der Waals surface area contributed by atoms with E-state index in [1.165, 1.54) is 0 Å². The number of allylic oxidation sites excluding steroid dienone is 2. The predicted molar refractivity (Wildman–Crippen MR) is 74.3 cm³/mol. The summed E-state index contributed by atoms with van der Waals surface area (Å²) in [5, 5.41) is 0. The molecule has 0 amide bonds. The van der Waals surface area contributed by atoms with E-state index in [-0.39, 0.29) is 0 Å². The Morgan fingerprint density at radius 1 is 1.41 bits per heavy atom. The fraction of sp³-hybridized carbons (Fsp3) is 0.267. The van der Waals surface area contributed by atoms with E-state index in [1.54, 1.807) is 18.3 Å². The molecule has 1 heterocycles. The average molecular weight is 231 g/mol. The van der Waals surface area contributed by atoms with Gasteiger partial charge in [-0.3, -0.25) is 4.98 Å². The molecule has 0 N–H and O–H groups in total. The predicted octanol–water partition coefficient (Wildman–Crippen LogP) is 4.09. The normalized spacial score (nSPS) is 9.94. The summed E-state index contributed by atoms with van der Waals surface area (Å²) in [4.78, 5) is 4.09. The molecule has 0 atom stereocenters. The number of aromatic nitrogens is 1. The first kappa shape index (κ1) is 15.2. The molecular weight excluding hydrogens is 210 g/mol. The van der Waals surface area contributed by atoms with Gasteiger partial charge in [0.25, 0.3) is 0 Å². The van der Waals surface area contributed by atoms with E-state index < -0.39 is 0 Å². The third-order valence-electron chi connectivity index (χ3n) is 1.87. The quantitative estimate of drug-likeness (QED) is 0.712. The summed E-state index contributed by atoms with van der Waals surface area (Å²) in [5.74, 6) is 0.819. The van der Waals surface area contributed by atoms with Crippen LogP contribution in [0.25, 0.3) is 0 Å². The summed E-state index contributed by atoms with van der Waals surface area (Å²) in [6.45, 7) is 13.8. The maximum absolute atomic E-state index is 5.57. The van der Waals surface area contributed by atoms with Crippen LogP contribution in [0.4, 0.5) is 0 Å². The Labute approximate surface area is 104 Å². The molecule has 92 valence electrons. The van der Waals surface area contributed by atoms with Crippen LogP contribution in [0.5, 0.6) is 5.75 Å². The van der Waals surface area contributed by atoms with Crippen LogP contribution in [-0.2, 0) is 0 Å². The smallest absolute Gasteiger partial charge is 0.123 e. The van der Waals surface area contributed by atoms with Gasteiger partial charge in [0.1, 0.15) is 12.4 Å². The highest BCUT2D eigenvalue weighted by atomic mass is 16.5. The molecule has 1 aromatic heterocycles. The average Bonchev–Trinajstić information content (AvgIpc) is 2.37. The molecule has 2 nitrogen and oxygen atoms in total. The summed E-state index contributed by atoms with van der Waals surface area (Å²) in [6, 6.07) is 3.73. The summed E-state index contributed by atoms with van der Waals surface area (Å²) in [7, 11) is 0. The number of hydrogen-bond acceptors (Lipinski definition) is 2. The van der Waals surface area contributed by atoms with Crippen molar-refractivity contribution in [1.82, 2.24) is 4.98 Å². The molecule has 0 saturated heterocycles. The van der Waals surface area contributed by atoms with Crippen LogP contribution >= 0.6 is 0 Å². The molecule has 0 aromatic carbocycles. The van der Waals surface area contributed by atoms with Gasteiger partial charge < -0.3 is 4.74 Å². The van der Waals surface area contributed by atoms with E-state index >= 15 is 0 Å². The lowest BCUT2D eigenvalue weighted by Gasteiger charge is -2.06. The second-order valence-corrected chi connectivity index (χ2v) is 3.10. The molecule has 1 rings (SSSR count). The number of hydrogen-bond donors (Lipinski definition) is 0. The second-order valence-electron chi connectivity index (χ2n) is 3.10. The third kappa shape index (κ3) is 6.36. The van der Waals surface area contributed by atoms with Crippen LogP contribution in [-0.4, -0.2) is 11.6 Å². The molecular formula is C15H21NO. The van der Waals surface area contributed by atoms with E-state index in [0.717, 1.165) is 17.0 Å². The first-order valence-corrected chi connectivity index (χ1v) is 5.75. The van der Waals surface area contributed by atoms with Crippen LogP contribution in [0.2, 0.25) is 0 Å². The van der Waals surface area contributed by atoms with Gasteiger partial charge in [-0.1, -0.05) is 45.2 Å². The van der Waals surface area contributed by atoms with Gasteiger partial charge in [-0.15, -0.1) is 0 Å². The van der Waals surface area contributed by atoms with Crippen molar-refractivity contribution in [2.24, 2.45) is 0 Å². The Kier molecular flexibility index (Phi) is 8.39. The molecule has 0 fully saturated rings. The van der Waals surface area contributed by atoms with Crippen molar-refractivity contribution in [1.29, 1.82) is 0 Å². The van der Waals surface area contributed by atoms with Crippen LogP contribution in [0.3, 0.4) is 0 Å². The van der Waals surface area contributed by atoms with Gasteiger partial charge in [0.15, 0.2) is 0 Å². The fourth-order valence-corrected chi connectivity index (χ4v) is 1.10. The molecule has 0 unspecified atom stereocenters. The molecule has 0 spiro atoms. The number of ether oxygens (including phenoxy) is 1. The summed E-state index contributed by atoms with van der Waals surface area (Å²) < 4.78 is 5.57. The lowest BCUT2D eigenvalue weighted by Crippen LogP contribution is -1.99. The summed E-state index contributed by atoms with van der Waals surface area (Å²) in [6.07, 6.45) is 7.09. The summed E-state index contributed by atoms with van der Waals surface area (Å²) in [5.41, 5.74) is 1.94.